The van der Waals surface area contributed by atoms with Crippen molar-refractivity contribution in [1.29, 1.82) is 0 Å². The van der Waals surface area contributed by atoms with E-state index in [0.717, 1.165) is 20.9 Å². The lowest BCUT2D eigenvalue weighted by Gasteiger charge is -2.09. The molecule has 1 amide bonds. The number of carbonyl (C=O) groups is 1. The second-order valence-electron chi connectivity index (χ2n) is 4.71. The van der Waals surface area contributed by atoms with E-state index in [4.69, 9.17) is 10.8 Å². The van der Waals surface area contributed by atoms with Crippen molar-refractivity contribution in [3.63, 3.8) is 0 Å². The molecule has 0 aliphatic carbocycles. The van der Waals surface area contributed by atoms with Gasteiger partial charge in [-0.15, -0.1) is 0 Å². The van der Waals surface area contributed by atoms with Gasteiger partial charge in [-0.25, -0.2) is 4.98 Å². The highest BCUT2D eigenvalue weighted by atomic mass is 32.1. The van der Waals surface area contributed by atoms with E-state index in [-0.39, 0.29) is 12.5 Å². The zero-order valence-corrected chi connectivity index (χ0v) is 12.7. The number of fused-ring (bicyclic) bond motifs is 1. The predicted molar refractivity (Wildman–Crippen MR) is 85.3 cm³/mol. The molecule has 0 unspecified atom stereocenters. The molecule has 1 aromatic heterocycles. The average Bonchev–Trinajstić information content (AvgIpc) is 2.91. The molecule has 0 saturated carbocycles. The summed E-state index contributed by atoms with van der Waals surface area (Å²) in [5.41, 5.74) is 7.40. The Bertz CT molecular complexity index is 614. The number of hydrogen-bond acceptors (Lipinski definition) is 6. The van der Waals surface area contributed by atoms with Crippen LogP contribution in [0.5, 0.6) is 0 Å². The molecule has 21 heavy (non-hydrogen) atoms. The highest BCUT2D eigenvalue weighted by Crippen LogP contribution is 2.26. The van der Waals surface area contributed by atoms with Crippen molar-refractivity contribution in [2.45, 2.75) is 26.0 Å². The minimum Gasteiger partial charge on any atom is -0.392 e. The maximum absolute atomic E-state index is 11.5. The summed E-state index contributed by atoms with van der Waals surface area (Å²) in [5, 5.41) is 15.9. The van der Waals surface area contributed by atoms with Crippen molar-refractivity contribution in [2.75, 3.05) is 18.4 Å². The number of aliphatic hydroxyl groups is 1. The normalized spacial score (nSPS) is 12.3. The number of nitrogens with two attached hydrogens (primary N) is 1. The van der Waals surface area contributed by atoms with Gasteiger partial charge in [-0.05, 0) is 24.1 Å². The zero-order chi connectivity index (χ0) is 15.2. The zero-order valence-electron chi connectivity index (χ0n) is 11.9. The number of anilines is 1. The Labute approximate surface area is 127 Å². The van der Waals surface area contributed by atoms with Crippen LogP contribution in [0.4, 0.5) is 5.13 Å². The first kappa shape index (κ1) is 15.7. The molecule has 0 bridgehead atoms. The second kappa shape index (κ2) is 7.35. The third kappa shape index (κ3) is 4.13. The number of rotatable bonds is 7. The molecule has 1 heterocycles. The van der Waals surface area contributed by atoms with Crippen LogP contribution in [0.3, 0.4) is 0 Å². The smallest absolute Gasteiger partial charge is 0.236 e. The van der Waals surface area contributed by atoms with Crippen LogP contribution >= 0.6 is 11.3 Å². The highest BCUT2D eigenvalue weighted by molar-refractivity contribution is 7.22. The fourth-order valence-corrected chi connectivity index (χ4v) is 2.77. The number of nitrogens with one attached hydrogen (secondary N) is 2. The molecule has 0 fully saturated rings. The van der Waals surface area contributed by atoms with Crippen LogP contribution < -0.4 is 16.4 Å². The number of carbonyl (C=O) groups excluding carboxylic acids is 1. The van der Waals surface area contributed by atoms with Crippen LogP contribution in [-0.2, 0) is 11.4 Å². The Morgan fingerprint density at radius 1 is 1.48 bits per heavy atom. The van der Waals surface area contributed by atoms with Crippen molar-refractivity contribution < 1.29 is 9.90 Å². The summed E-state index contributed by atoms with van der Waals surface area (Å²) >= 11 is 1.53. The number of hydrogen-bond donors (Lipinski definition) is 4. The Morgan fingerprint density at radius 3 is 3.00 bits per heavy atom. The van der Waals surface area contributed by atoms with Crippen molar-refractivity contribution in [3.8, 4) is 0 Å². The van der Waals surface area contributed by atoms with Crippen LogP contribution in [0.2, 0.25) is 0 Å². The molecule has 2 rings (SSSR count). The van der Waals surface area contributed by atoms with E-state index >= 15 is 0 Å². The number of aromatic nitrogens is 1. The van der Waals surface area contributed by atoms with Gasteiger partial charge >= 0.3 is 0 Å². The summed E-state index contributed by atoms with van der Waals surface area (Å²) in [6.45, 7) is 3.00. The number of thiazole rings is 1. The third-order valence-electron chi connectivity index (χ3n) is 3.11. The first-order valence-corrected chi connectivity index (χ1v) is 7.73. The molecule has 7 heteroatoms. The average molecular weight is 308 g/mol. The first-order valence-electron chi connectivity index (χ1n) is 6.91. The molecule has 0 radical (unpaired) electrons. The highest BCUT2D eigenvalue weighted by Gasteiger charge is 2.09. The standard InChI is InChI=1S/C14H20N4O2S/c1-2-10(15)13(20)16-5-6-17-14-18-11-4-3-9(8-19)7-12(11)21-14/h3-4,7,10,19H,2,5-6,8,15H2,1H3,(H,16,20)(H,17,18)/t10-/m0/s1. The van der Waals surface area contributed by atoms with E-state index in [1.807, 2.05) is 25.1 Å². The van der Waals surface area contributed by atoms with E-state index in [2.05, 4.69) is 15.6 Å². The van der Waals surface area contributed by atoms with Crippen LogP contribution in [0.25, 0.3) is 10.2 Å². The summed E-state index contributed by atoms with van der Waals surface area (Å²) in [6, 6.07) is 5.24. The Hall–Kier alpha value is -1.70. The minimum atomic E-state index is -0.440. The van der Waals surface area contributed by atoms with Gasteiger partial charge in [0.2, 0.25) is 5.91 Å². The molecule has 5 N–H and O–H groups in total. The van der Waals surface area contributed by atoms with E-state index in [0.29, 0.717) is 19.5 Å². The molecule has 1 aromatic carbocycles. The van der Waals surface area contributed by atoms with Gasteiger partial charge in [0.15, 0.2) is 5.13 Å². The van der Waals surface area contributed by atoms with E-state index in [9.17, 15) is 4.79 Å². The van der Waals surface area contributed by atoms with Crippen LogP contribution in [0.1, 0.15) is 18.9 Å². The molecule has 0 aliphatic rings. The van der Waals surface area contributed by atoms with Crippen LogP contribution in [-0.4, -0.2) is 35.1 Å². The lowest BCUT2D eigenvalue weighted by Crippen LogP contribution is -2.41. The molecule has 2 aromatic rings. The van der Waals surface area contributed by atoms with Crippen molar-refractivity contribution in [1.82, 2.24) is 10.3 Å². The summed E-state index contributed by atoms with van der Waals surface area (Å²) in [5.74, 6) is -0.129. The summed E-state index contributed by atoms with van der Waals surface area (Å²) < 4.78 is 1.03. The summed E-state index contributed by atoms with van der Waals surface area (Å²) in [7, 11) is 0. The molecule has 0 saturated heterocycles. The molecule has 0 spiro atoms. The van der Waals surface area contributed by atoms with Gasteiger partial charge in [0.25, 0.3) is 0 Å². The lowest BCUT2D eigenvalue weighted by atomic mass is 10.2. The Morgan fingerprint density at radius 2 is 2.29 bits per heavy atom. The Balaban J connectivity index is 1.85. The molecule has 0 aliphatic heterocycles. The maximum atomic E-state index is 11.5. The molecular weight excluding hydrogens is 288 g/mol. The summed E-state index contributed by atoms with van der Waals surface area (Å²) in [4.78, 5) is 15.9. The van der Waals surface area contributed by atoms with E-state index < -0.39 is 6.04 Å². The van der Waals surface area contributed by atoms with E-state index in [1.165, 1.54) is 11.3 Å². The quantitative estimate of drug-likeness (QED) is 0.573. The molecular formula is C14H20N4O2S. The topological polar surface area (TPSA) is 100 Å². The number of amides is 1. The largest absolute Gasteiger partial charge is 0.392 e. The number of nitrogens with zero attached hydrogens (tertiary/aromatic N) is 1. The lowest BCUT2D eigenvalue weighted by molar-refractivity contribution is -0.122. The van der Waals surface area contributed by atoms with Gasteiger partial charge in [-0.3, -0.25) is 4.79 Å². The van der Waals surface area contributed by atoms with Gasteiger partial charge in [0.05, 0.1) is 22.9 Å². The predicted octanol–water partition coefficient (Wildman–Crippen LogP) is 1.05. The van der Waals surface area contributed by atoms with Crippen molar-refractivity contribution in [3.05, 3.63) is 23.8 Å². The van der Waals surface area contributed by atoms with Crippen molar-refractivity contribution in [2.24, 2.45) is 5.73 Å². The second-order valence-corrected chi connectivity index (χ2v) is 5.74. The summed E-state index contributed by atoms with van der Waals surface area (Å²) in [6.07, 6.45) is 0.629. The number of aliphatic hydroxyl groups excluding tert-OH is 1. The molecule has 6 nitrogen and oxygen atoms in total. The number of benzene rings is 1. The van der Waals surface area contributed by atoms with Crippen LogP contribution in [0.15, 0.2) is 18.2 Å². The van der Waals surface area contributed by atoms with Crippen LogP contribution in [0, 0.1) is 0 Å². The third-order valence-corrected chi connectivity index (χ3v) is 4.09. The maximum Gasteiger partial charge on any atom is 0.236 e. The van der Waals surface area contributed by atoms with Gasteiger partial charge in [-0.2, -0.15) is 0 Å². The van der Waals surface area contributed by atoms with Gasteiger partial charge in [-0.1, -0.05) is 24.3 Å². The van der Waals surface area contributed by atoms with Gasteiger partial charge in [0, 0.05) is 13.1 Å². The Kier molecular flexibility index (Phi) is 5.49. The monoisotopic (exact) mass is 308 g/mol. The van der Waals surface area contributed by atoms with E-state index in [1.54, 1.807) is 0 Å². The SMILES string of the molecule is CC[C@H](N)C(=O)NCCNc1nc2ccc(CO)cc2s1. The fraction of sp³-hybridized carbons (Fsp3) is 0.429. The molecule has 1 atom stereocenters. The fourth-order valence-electron chi connectivity index (χ4n) is 1.81. The first-order chi connectivity index (χ1) is 10.1. The van der Waals surface area contributed by atoms with Gasteiger partial charge < -0.3 is 21.5 Å². The van der Waals surface area contributed by atoms with Gasteiger partial charge in [0.1, 0.15) is 0 Å². The molecule has 114 valence electrons. The van der Waals surface area contributed by atoms with Crippen molar-refractivity contribution >= 4 is 32.6 Å². The minimum absolute atomic E-state index is 0.0281.